The minimum atomic E-state index is 0.0274. The van der Waals surface area contributed by atoms with E-state index < -0.39 is 0 Å². The number of rotatable bonds is 1. The SMILES string of the molecule is Cc1ccc(N)c(-c2ccc(C#CC(C)(C)C)cc2)c1. The first kappa shape index (κ1) is 14.2. The summed E-state index contributed by atoms with van der Waals surface area (Å²) in [6, 6.07) is 14.4. The summed E-state index contributed by atoms with van der Waals surface area (Å²) in [5.41, 5.74) is 11.4. The van der Waals surface area contributed by atoms with Crippen molar-refractivity contribution in [1.82, 2.24) is 0 Å². The molecule has 0 heterocycles. The van der Waals surface area contributed by atoms with E-state index in [0.29, 0.717) is 0 Å². The molecule has 0 bridgehead atoms. The second kappa shape index (κ2) is 5.43. The van der Waals surface area contributed by atoms with E-state index >= 15 is 0 Å². The van der Waals surface area contributed by atoms with Gasteiger partial charge in [0.1, 0.15) is 0 Å². The Balaban J connectivity index is 2.32. The largest absolute Gasteiger partial charge is 0.398 e. The van der Waals surface area contributed by atoms with E-state index in [0.717, 1.165) is 22.4 Å². The Kier molecular flexibility index (Phi) is 3.86. The van der Waals surface area contributed by atoms with Crippen LogP contribution in [0, 0.1) is 24.2 Å². The maximum Gasteiger partial charge on any atom is 0.0393 e. The second-order valence-corrected chi connectivity index (χ2v) is 6.17. The number of aryl methyl sites for hydroxylation is 1. The molecule has 0 aliphatic carbocycles. The van der Waals surface area contributed by atoms with Gasteiger partial charge in [-0.15, -0.1) is 0 Å². The summed E-state index contributed by atoms with van der Waals surface area (Å²) in [7, 11) is 0. The zero-order valence-electron chi connectivity index (χ0n) is 12.6. The molecule has 2 rings (SSSR count). The van der Waals surface area contributed by atoms with Gasteiger partial charge in [0, 0.05) is 22.2 Å². The third kappa shape index (κ3) is 3.65. The molecule has 20 heavy (non-hydrogen) atoms. The highest BCUT2D eigenvalue weighted by atomic mass is 14.6. The van der Waals surface area contributed by atoms with Gasteiger partial charge >= 0.3 is 0 Å². The first-order valence-corrected chi connectivity index (χ1v) is 6.85. The Labute approximate surface area is 121 Å². The maximum absolute atomic E-state index is 6.05. The molecule has 2 aromatic carbocycles. The van der Waals surface area contributed by atoms with Gasteiger partial charge in [0.05, 0.1) is 0 Å². The Bertz CT molecular complexity index is 662. The maximum atomic E-state index is 6.05. The van der Waals surface area contributed by atoms with Crippen molar-refractivity contribution in [1.29, 1.82) is 0 Å². The summed E-state index contributed by atoms with van der Waals surface area (Å²) in [6.45, 7) is 8.41. The lowest BCUT2D eigenvalue weighted by Gasteiger charge is -2.08. The second-order valence-electron chi connectivity index (χ2n) is 6.17. The minimum Gasteiger partial charge on any atom is -0.398 e. The molecule has 0 atom stereocenters. The van der Waals surface area contributed by atoms with Gasteiger partial charge in [-0.05, 0) is 57.5 Å². The highest BCUT2D eigenvalue weighted by Crippen LogP contribution is 2.27. The monoisotopic (exact) mass is 263 g/mol. The molecule has 0 aliphatic heterocycles. The molecular weight excluding hydrogens is 242 g/mol. The van der Waals surface area contributed by atoms with Crippen molar-refractivity contribution in [3.63, 3.8) is 0 Å². The van der Waals surface area contributed by atoms with E-state index in [1.54, 1.807) is 0 Å². The number of hydrogen-bond acceptors (Lipinski definition) is 1. The molecule has 0 saturated heterocycles. The van der Waals surface area contributed by atoms with Crippen molar-refractivity contribution < 1.29 is 0 Å². The lowest BCUT2D eigenvalue weighted by molar-refractivity contribution is 0.571. The molecule has 0 aromatic heterocycles. The van der Waals surface area contributed by atoms with E-state index in [1.807, 2.05) is 12.1 Å². The average molecular weight is 263 g/mol. The van der Waals surface area contributed by atoms with Gasteiger partial charge in [0.15, 0.2) is 0 Å². The van der Waals surface area contributed by atoms with Gasteiger partial charge in [0.2, 0.25) is 0 Å². The summed E-state index contributed by atoms with van der Waals surface area (Å²) in [5, 5.41) is 0. The molecule has 0 saturated carbocycles. The summed E-state index contributed by atoms with van der Waals surface area (Å²) in [5.74, 6) is 6.45. The fraction of sp³-hybridized carbons (Fsp3) is 0.263. The Morgan fingerprint density at radius 1 is 0.950 bits per heavy atom. The van der Waals surface area contributed by atoms with Crippen molar-refractivity contribution in [3.05, 3.63) is 53.6 Å². The predicted molar refractivity (Wildman–Crippen MR) is 87.4 cm³/mol. The van der Waals surface area contributed by atoms with Crippen LogP contribution in [0.3, 0.4) is 0 Å². The Morgan fingerprint density at radius 3 is 2.20 bits per heavy atom. The first-order chi connectivity index (χ1) is 9.35. The van der Waals surface area contributed by atoms with Gasteiger partial charge < -0.3 is 5.73 Å². The molecule has 1 heteroatoms. The van der Waals surface area contributed by atoms with Gasteiger partial charge in [-0.3, -0.25) is 0 Å². The van der Waals surface area contributed by atoms with E-state index in [9.17, 15) is 0 Å². The number of anilines is 1. The number of benzene rings is 2. The molecule has 0 fully saturated rings. The van der Waals surface area contributed by atoms with Crippen molar-refractivity contribution in [3.8, 4) is 23.0 Å². The minimum absolute atomic E-state index is 0.0274. The third-order valence-electron chi connectivity index (χ3n) is 2.99. The first-order valence-electron chi connectivity index (χ1n) is 6.85. The summed E-state index contributed by atoms with van der Waals surface area (Å²) >= 11 is 0. The van der Waals surface area contributed by atoms with Crippen LogP contribution in [-0.4, -0.2) is 0 Å². The molecule has 0 amide bonds. The van der Waals surface area contributed by atoms with E-state index in [4.69, 9.17) is 5.73 Å². The topological polar surface area (TPSA) is 26.0 Å². The number of nitrogen functional groups attached to an aromatic ring is 1. The van der Waals surface area contributed by atoms with E-state index in [-0.39, 0.29) is 5.41 Å². The molecule has 2 N–H and O–H groups in total. The van der Waals surface area contributed by atoms with Crippen LogP contribution in [-0.2, 0) is 0 Å². The highest BCUT2D eigenvalue weighted by Gasteiger charge is 2.04. The van der Waals surface area contributed by atoms with Gasteiger partial charge in [-0.25, -0.2) is 0 Å². The Morgan fingerprint density at radius 2 is 1.60 bits per heavy atom. The summed E-state index contributed by atoms with van der Waals surface area (Å²) in [6.07, 6.45) is 0. The molecule has 1 nitrogen and oxygen atoms in total. The van der Waals surface area contributed by atoms with Crippen molar-refractivity contribution in [2.45, 2.75) is 27.7 Å². The van der Waals surface area contributed by atoms with Crippen LogP contribution in [0.4, 0.5) is 5.69 Å². The fourth-order valence-electron chi connectivity index (χ4n) is 1.91. The van der Waals surface area contributed by atoms with Crippen molar-refractivity contribution in [2.24, 2.45) is 5.41 Å². The number of hydrogen-bond donors (Lipinski definition) is 1. The normalized spacial score (nSPS) is 10.8. The molecule has 0 unspecified atom stereocenters. The average Bonchev–Trinajstić information content (AvgIpc) is 2.39. The molecule has 0 radical (unpaired) electrons. The zero-order chi connectivity index (χ0) is 14.8. The van der Waals surface area contributed by atoms with Crippen LogP contribution < -0.4 is 5.73 Å². The van der Waals surface area contributed by atoms with Crippen molar-refractivity contribution in [2.75, 3.05) is 5.73 Å². The van der Waals surface area contributed by atoms with Crippen molar-refractivity contribution >= 4 is 5.69 Å². The lowest BCUT2D eigenvalue weighted by Crippen LogP contribution is -1.99. The summed E-state index contributed by atoms with van der Waals surface area (Å²) < 4.78 is 0. The smallest absolute Gasteiger partial charge is 0.0393 e. The van der Waals surface area contributed by atoms with Crippen LogP contribution in [0.5, 0.6) is 0 Å². The highest BCUT2D eigenvalue weighted by molar-refractivity contribution is 5.77. The van der Waals surface area contributed by atoms with Crippen LogP contribution in [0.2, 0.25) is 0 Å². The quantitative estimate of drug-likeness (QED) is 0.588. The zero-order valence-corrected chi connectivity index (χ0v) is 12.6. The number of nitrogens with two attached hydrogens (primary N) is 1. The van der Waals surface area contributed by atoms with Crippen LogP contribution in [0.15, 0.2) is 42.5 Å². The van der Waals surface area contributed by atoms with Gasteiger partial charge in [-0.1, -0.05) is 35.6 Å². The molecule has 0 spiro atoms. The van der Waals surface area contributed by atoms with E-state index in [2.05, 4.69) is 69.9 Å². The molecule has 2 aromatic rings. The van der Waals surface area contributed by atoms with Crippen LogP contribution in [0.25, 0.3) is 11.1 Å². The van der Waals surface area contributed by atoms with E-state index in [1.165, 1.54) is 5.56 Å². The lowest BCUT2D eigenvalue weighted by atomic mass is 9.97. The molecule has 0 aliphatic rings. The standard InChI is InChI=1S/C19H21N/c1-14-5-10-18(20)17(13-14)16-8-6-15(7-9-16)11-12-19(2,3)4/h5-10,13H,20H2,1-4H3. The Hall–Kier alpha value is -2.20. The predicted octanol–water partition coefficient (Wildman–Crippen LogP) is 4.64. The van der Waals surface area contributed by atoms with Gasteiger partial charge in [-0.2, -0.15) is 0 Å². The van der Waals surface area contributed by atoms with Gasteiger partial charge in [0.25, 0.3) is 0 Å². The van der Waals surface area contributed by atoms with Crippen LogP contribution in [0.1, 0.15) is 31.9 Å². The fourth-order valence-corrected chi connectivity index (χ4v) is 1.91. The van der Waals surface area contributed by atoms with Crippen LogP contribution >= 0.6 is 0 Å². The molecule has 102 valence electrons. The third-order valence-corrected chi connectivity index (χ3v) is 2.99. The molecular formula is C19H21N. The summed E-state index contributed by atoms with van der Waals surface area (Å²) in [4.78, 5) is 0.